The Hall–Kier alpha value is -1.31. The summed E-state index contributed by atoms with van der Waals surface area (Å²) in [4.78, 5) is 9.14. The van der Waals surface area contributed by atoms with Gasteiger partial charge in [-0.1, -0.05) is 12.0 Å². The van der Waals surface area contributed by atoms with Crippen LogP contribution in [0.4, 0.5) is 0 Å². The van der Waals surface area contributed by atoms with E-state index >= 15 is 0 Å². The number of hydrogen-bond acceptors (Lipinski definition) is 4. The fourth-order valence-corrected chi connectivity index (χ4v) is 1.12. The second kappa shape index (κ2) is 6.19. The molecule has 4 nitrogen and oxygen atoms in total. The summed E-state index contributed by atoms with van der Waals surface area (Å²) in [5, 5.41) is 7.02. The third kappa shape index (κ3) is 3.60. The zero-order chi connectivity index (χ0) is 10.2. The summed E-state index contributed by atoms with van der Waals surface area (Å²) >= 11 is 0. The molecule has 0 radical (unpaired) electrons. The zero-order valence-electron chi connectivity index (χ0n) is 8.25. The lowest BCUT2D eigenvalue weighted by Crippen LogP contribution is -2.25. The van der Waals surface area contributed by atoms with E-state index in [1.165, 1.54) is 0 Å². The van der Waals surface area contributed by atoms with E-state index in [0.717, 1.165) is 30.8 Å². The van der Waals surface area contributed by atoms with Crippen LogP contribution in [0.2, 0.25) is 0 Å². The highest BCUT2D eigenvalue weighted by molar-refractivity contribution is 5.98. The first-order valence-corrected chi connectivity index (χ1v) is 4.51. The van der Waals surface area contributed by atoms with Gasteiger partial charge in [0.15, 0.2) is 6.61 Å². The summed E-state index contributed by atoms with van der Waals surface area (Å²) in [6.45, 7) is 3.82. The maximum absolute atomic E-state index is 4.96. The van der Waals surface area contributed by atoms with Gasteiger partial charge in [-0.05, 0) is 30.6 Å². The highest BCUT2D eigenvalue weighted by atomic mass is 17.3. The van der Waals surface area contributed by atoms with Crippen LogP contribution in [0.3, 0.4) is 0 Å². The maximum atomic E-state index is 4.96. The van der Waals surface area contributed by atoms with E-state index in [9.17, 15) is 0 Å². The van der Waals surface area contributed by atoms with E-state index in [-0.39, 0.29) is 6.61 Å². The smallest absolute Gasteiger partial charge is 0.157 e. The van der Waals surface area contributed by atoms with Crippen molar-refractivity contribution in [3.05, 3.63) is 11.6 Å². The molecule has 1 heterocycles. The number of nitrogens with one attached hydrogen (secondary N) is 1. The molecule has 0 aliphatic carbocycles. The van der Waals surface area contributed by atoms with Gasteiger partial charge in [0.05, 0.1) is 5.71 Å². The first-order valence-electron chi connectivity index (χ1n) is 4.51. The van der Waals surface area contributed by atoms with Crippen LogP contribution >= 0.6 is 0 Å². The van der Waals surface area contributed by atoms with Gasteiger partial charge in [-0.2, -0.15) is 4.89 Å². The van der Waals surface area contributed by atoms with E-state index in [4.69, 9.17) is 6.42 Å². The molecule has 0 fully saturated rings. The maximum Gasteiger partial charge on any atom is 0.157 e. The van der Waals surface area contributed by atoms with Crippen molar-refractivity contribution < 1.29 is 9.88 Å². The summed E-state index contributed by atoms with van der Waals surface area (Å²) in [6, 6.07) is 0. The summed E-state index contributed by atoms with van der Waals surface area (Å²) in [6.07, 6.45) is 8.12. The Morgan fingerprint density at radius 1 is 1.79 bits per heavy atom. The minimum atomic E-state index is 0.105. The Kier molecular flexibility index (Phi) is 4.76. The van der Waals surface area contributed by atoms with Crippen LogP contribution < -0.4 is 5.32 Å². The van der Waals surface area contributed by atoms with Crippen molar-refractivity contribution in [3.63, 3.8) is 0 Å². The van der Waals surface area contributed by atoms with Gasteiger partial charge in [0, 0.05) is 6.54 Å². The van der Waals surface area contributed by atoms with Crippen LogP contribution in [-0.2, 0) is 9.88 Å². The Balaban J connectivity index is 2.35. The van der Waals surface area contributed by atoms with Gasteiger partial charge in [0.25, 0.3) is 0 Å². The summed E-state index contributed by atoms with van der Waals surface area (Å²) in [5.41, 5.74) is 1.95. The topological polar surface area (TPSA) is 42.9 Å². The van der Waals surface area contributed by atoms with Crippen molar-refractivity contribution in [2.45, 2.75) is 13.3 Å². The molecule has 0 aromatic rings. The largest absolute Gasteiger partial charge is 0.312 e. The van der Waals surface area contributed by atoms with Gasteiger partial charge in [-0.3, -0.25) is 0 Å². The van der Waals surface area contributed by atoms with Gasteiger partial charge >= 0.3 is 0 Å². The van der Waals surface area contributed by atoms with Crippen LogP contribution in [0.5, 0.6) is 0 Å². The number of terminal acetylenes is 1. The number of rotatable bonds is 4. The molecule has 1 aliphatic rings. The highest BCUT2D eigenvalue weighted by Crippen LogP contribution is 2.03. The van der Waals surface area contributed by atoms with E-state index < -0.39 is 0 Å². The molecule has 14 heavy (non-hydrogen) atoms. The zero-order valence-corrected chi connectivity index (χ0v) is 8.25. The van der Waals surface area contributed by atoms with Crippen molar-refractivity contribution in [1.82, 2.24) is 5.32 Å². The Labute approximate surface area is 83.9 Å². The van der Waals surface area contributed by atoms with Gasteiger partial charge in [0.2, 0.25) is 0 Å². The van der Waals surface area contributed by atoms with Crippen molar-refractivity contribution in [3.8, 4) is 12.3 Å². The quantitative estimate of drug-likeness (QED) is 0.237. The molecule has 1 N–H and O–H groups in total. The van der Waals surface area contributed by atoms with Crippen molar-refractivity contribution in [2.75, 3.05) is 19.7 Å². The predicted molar refractivity (Wildman–Crippen MR) is 54.5 cm³/mol. The Morgan fingerprint density at radius 2 is 2.64 bits per heavy atom. The highest BCUT2D eigenvalue weighted by Gasteiger charge is 2.05. The van der Waals surface area contributed by atoms with E-state index in [0.29, 0.717) is 0 Å². The van der Waals surface area contributed by atoms with Crippen LogP contribution in [0, 0.1) is 12.3 Å². The number of oxime groups is 1. The lowest BCUT2D eigenvalue weighted by atomic mass is 10.1. The third-order valence-corrected chi connectivity index (χ3v) is 1.86. The Morgan fingerprint density at radius 3 is 3.29 bits per heavy atom. The molecule has 0 saturated carbocycles. The second-order valence-corrected chi connectivity index (χ2v) is 2.91. The monoisotopic (exact) mass is 194 g/mol. The minimum absolute atomic E-state index is 0.105. The summed E-state index contributed by atoms with van der Waals surface area (Å²) in [5.74, 6) is 2.28. The first kappa shape index (κ1) is 10.8. The van der Waals surface area contributed by atoms with Gasteiger partial charge in [0.1, 0.15) is 0 Å². The fraction of sp³-hybridized carbons (Fsp3) is 0.500. The van der Waals surface area contributed by atoms with Crippen LogP contribution in [-0.4, -0.2) is 25.4 Å². The molecule has 0 atom stereocenters. The lowest BCUT2D eigenvalue weighted by Gasteiger charge is -2.12. The summed E-state index contributed by atoms with van der Waals surface area (Å²) < 4.78 is 0. The lowest BCUT2D eigenvalue weighted by molar-refractivity contribution is -0.285. The molecule has 4 heteroatoms. The molecule has 1 aliphatic heterocycles. The predicted octanol–water partition coefficient (Wildman–Crippen LogP) is 0.863. The SMILES string of the molecule is C#CCOON=C(C)C1=CCCNC1. The number of nitrogens with zero attached hydrogens (tertiary/aromatic N) is 1. The Bertz CT molecular complexity index is 276. The van der Waals surface area contributed by atoms with Gasteiger partial charge in [-0.15, -0.1) is 6.42 Å². The first-order chi connectivity index (χ1) is 6.84. The molecule has 0 saturated heterocycles. The van der Waals surface area contributed by atoms with E-state index in [2.05, 4.69) is 32.3 Å². The molecule has 76 valence electrons. The molecule has 0 bridgehead atoms. The molecule has 0 spiro atoms. The van der Waals surface area contributed by atoms with Crippen LogP contribution in [0.1, 0.15) is 13.3 Å². The van der Waals surface area contributed by atoms with Gasteiger partial charge in [-0.25, -0.2) is 4.99 Å². The van der Waals surface area contributed by atoms with E-state index in [1.807, 2.05) is 6.92 Å². The third-order valence-electron chi connectivity index (χ3n) is 1.86. The molecule has 0 amide bonds. The summed E-state index contributed by atoms with van der Waals surface area (Å²) in [7, 11) is 0. The van der Waals surface area contributed by atoms with Crippen LogP contribution in [0.25, 0.3) is 0 Å². The average molecular weight is 194 g/mol. The molecule has 0 aromatic heterocycles. The van der Waals surface area contributed by atoms with E-state index in [1.54, 1.807) is 0 Å². The second-order valence-electron chi connectivity index (χ2n) is 2.91. The minimum Gasteiger partial charge on any atom is -0.312 e. The molecule has 0 unspecified atom stereocenters. The molecule has 0 aromatic carbocycles. The fourth-order valence-electron chi connectivity index (χ4n) is 1.12. The molecular weight excluding hydrogens is 180 g/mol. The molecular formula is C10H14N2O2. The number of hydrogen-bond donors (Lipinski definition) is 1. The average Bonchev–Trinajstić information content (AvgIpc) is 2.25. The normalized spacial score (nSPS) is 17.1. The standard InChI is InChI=1S/C10H14N2O2/c1-3-7-13-14-12-9(2)10-5-4-6-11-8-10/h1,5,11H,4,6-8H2,2H3. The van der Waals surface area contributed by atoms with Crippen LogP contribution in [0.15, 0.2) is 16.8 Å². The molecule has 1 rings (SSSR count). The van der Waals surface area contributed by atoms with Crippen molar-refractivity contribution >= 4 is 5.71 Å². The van der Waals surface area contributed by atoms with Crippen molar-refractivity contribution in [1.29, 1.82) is 0 Å². The van der Waals surface area contributed by atoms with Gasteiger partial charge < -0.3 is 5.32 Å². The van der Waals surface area contributed by atoms with Crippen molar-refractivity contribution in [2.24, 2.45) is 5.16 Å².